The zero-order valence-electron chi connectivity index (χ0n) is 10.8. The Morgan fingerprint density at radius 1 is 1.39 bits per heavy atom. The molecule has 4 heteroatoms. The molecule has 1 aromatic heterocycles. The molecule has 2 heterocycles. The van der Waals surface area contributed by atoms with Crippen LogP contribution in [0.3, 0.4) is 0 Å². The predicted molar refractivity (Wildman–Crippen MR) is 68.1 cm³/mol. The summed E-state index contributed by atoms with van der Waals surface area (Å²) in [5.74, 6) is 2.53. The molecule has 1 aliphatic heterocycles. The standard InChI is InChI=1S/C14H20N2O2/c1-9-5-6-13(18-9)11-7-16(8-12(11)15)14(17)10-3-2-4-10/h5-6,10-12H,2-4,7-8,15H2,1H3/t11-,12-/m0/s1. The highest BCUT2D eigenvalue weighted by Gasteiger charge is 2.39. The third kappa shape index (κ3) is 1.94. The first kappa shape index (κ1) is 11.8. The van der Waals surface area contributed by atoms with E-state index in [0.29, 0.717) is 19.0 Å². The van der Waals surface area contributed by atoms with Gasteiger partial charge in [0.2, 0.25) is 5.91 Å². The topological polar surface area (TPSA) is 59.5 Å². The molecule has 98 valence electrons. The number of nitrogens with zero attached hydrogens (tertiary/aromatic N) is 1. The van der Waals surface area contributed by atoms with Gasteiger partial charge in [-0.1, -0.05) is 6.42 Å². The number of nitrogens with two attached hydrogens (primary N) is 1. The Balaban J connectivity index is 1.70. The van der Waals surface area contributed by atoms with Crippen molar-refractivity contribution in [2.24, 2.45) is 11.7 Å². The maximum atomic E-state index is 12.2. The van der Waals surface area contributed by atoms with Gasteiger partial charge in [0.05, 0.1) is 5.92 Å². The number of hydrogen-bond donors (Lipinski definition) is 1. The smallest absolute Gasteiger partial charge is 0.225 e. The first-order chi connectivity index (χ1) is 8.65. The minimum atomic E-state index is -0.000392. The van der Waals surface area contributed by atoms with Crippen LogP contribution < -0.4 is 5.73 Å². The number of carbonyl (C=O) groups excluding carboxylic acids is 1. The second-order valence-electron chi connectivity index (χ2n) is 5.59. The van der Waals surface area contributed by atoms with Gasteiger partial charge in [0.1, 0.15) is 11.5 Å². The van der Waals surface area contributed by atoms with Crippen molar-refractivity contribution in [3.8, 4) is 0 Å². The second-order valence-corrected chi connectivity index (χ2v) is 5.59. The highest BCUT2D eigenvalue weighted by atomic mass is 16.3. The minimum absolute atomic E-state index is 0.000392. The van der Waals surface area contributed by atoms with Gasteiger partial charge in [-0.15, -0.1) is 0 Å². The molecule has 2 fully saturated rings. The van der Waals surface area contributed by atoms with Gasteiger partial charge < -0.3 is 15.1 Å². The first-order valence-electron chi connectivity index (χ1n) is 6.76. The Bertz CT molecular complexity index is 450. The lowest BCUT2D eigenvalue weighted by molar-refractivity contribution is -0.137. The van der Waals surface area contributed by atoms with Crippen molar-refractivity contribution < 1.29 is 9.21 Å². The molecule has 2 atom stereocenters. The summed E-state index contributed by atoms with van der Waals surface area (Å²) in [5, 5.41) is 0. The van der Waals surface area contributed by atoms with Gasteiger partial charge >= 0.3 is 0 Å². The third-order valence-electron chi connectivity index (χ3n) is 4.26. The number of carbonyl (C=O) groups is 1. The fourth-order valence-electron chi connectivity index (χ4n) is 2.88. The van der Waals surface area contributed by atoms with Crippen LogP contribution in [-0.4, -0.2) is 29.9 Å². The van der Waals surface area contributed by atoms with Crippen LogP contribution in [0.5, 0.6) is 0 Å². The molecule has 0 aromatic carbocycles. The summed E-state index contributed by atoms with van der Waals surface area (Å²) in [6, 6.07) is 3.94. The maximum Gasteiger partial charge on any atom is 0.225 e. The van der Waals surface area contributed by atoms with Crippen molar-refractivity contribution in [1.29, 1.82) is 0 Å². The summed E-state index contributed by atoms with van der Waals surface area (Å²) in [7, 11) is 0. The first-order valence-corrected chi connectivity index (χ1v) is 6.76. The molecule has 0 radical (unpaired) electrons. The van der Waals surface area contributed by atoms with Crippen LogP contribution in [0.1, 0.15) is 36.7 Å². The molecular formula is C14H20N2O2. The summed E-state index contributed by atoms with van der Waals surface area (Å²) in [5.41, 5.74) is 6.15. The van der Waals surface area contributed by atoms with Crippen LogP contribution in [0.2, 0.25) is 0 Å². The molecule has 0 unspecified atom stereocenters. The fourth-order valence-corrected chi connectivity index (χ4v) is 2.88. The number of hydrogen-bond acceptors (Lipinski definition) is 3. The van der Waals surface area contributed by atoms with Crippen molar-refractivity contribution in [3.05, 3.63) is 23.7 Å². The van der Waals surface area contributed by atoms with Gasteiger partial charge in [0.15, 0.2) is 0 Å². The van der Waals surface area contributed by atoms with Crippen molar-refractivity contribution in [2.75, 3.05) is 13.1 Å². The monoisotopic (exact) mass is 248 g/mol. The quantitative estimate of drug-likeness (QED) is 0.865. The van der Waals surface area contributed by atoms with Crippen molar-refractivity contribution >= 4 is 5.91 Å². The predicted octanol–water partition coefficient (Wildman–Crippen LogP) is 1.64. The van der Waals surface area contributed by atoms with Crippen molar-refractivity contribution in [1.82, 2.24) is 4.90 Å². The zero-order valence-corrected chi connectivity index (χ0v) is 10.8. The van der Waals surface area contributed by atoms with E-state index in [2.05, 4.69) is 0 Å². The lowest BCUT2D eigenvalue weighted by Crippen LogP contribution is -2.38. The van der Waals surface area contributed by atoms with E-state index < -0.39 is 0 Å². The summed E-state index contributed by atoms with van der Waals surface area (Å²) < 4.78 is 5.65. The van der Waals surface area contributed by atoms with Gasteiger partial charge in [-0.2, -0.15) is 0 Å². The molecule has 1 saturated carbocycles. The lowest BCUT2D eigenvalue weighted by atomic mass is 9.84. The third-order valence-corrected chi connectivity index (χ3v) is 4.26. The van der Waals surface area contributed by atoms with Gasteiger partial charge in [-0.05, 0) is 31.9 Å². The average molecular weight is 248 g/mol. The number of furan rings is 1. The Hall–Kier alpha value is -1.29. The fraction of sp³-hybridized carbons (Fsp3) is 0.643. The van der Waals surface area contributed by atoms with E-state index in [-0.39, 0.29) is 17.9 Å². The molecule has 0 spiro atoms. The second kappa shape index (κ2) is 4.43. The van der Waals surface area contributed by atoms with Gasteiger partial charge in [-0.3, -0.25) is 4.79 Å². The molecule has 4 nitrogen and oxygen atoms in total. The highest BCUT2D eigenvalue weighted by molar-refractivity contribution is 5.80. The summed E-state index contributed by atoms with van der Waals surface area (Å²) in [6.45, 7) is 3.31. The normalized spacial score (nSPS) is 28.4. The SMILES string of the molecule is Cc1ccc([C@H]2CN(C(=O)C3CCC3)C[C@@H]2N)o1. The Morgan fingerprint density at radius 2 is 2.17 bits per heavy atom. The van der Waals surface area contributed by atoms with Crippen molar-refractivity contribution in [2.45, 2.75) is 38.1 Å². The van der Waals surface area contributed by atoms with Crippen LogP contribution >= 0.6 is 0 Å². The molecule has 1 amide bonds. The Morgan fingerprint density at radius 3 is 2.72 bits per heavy atom. The van der Waals surface area contributed by atoms with E-state index in [0.717, 1.165) is 24.4 Å². The van der Waals surface area contributed by atoms with E-state index in [4.69, 9.17) is 10.2 Å². The molecule has 2 aliphatic rings. The van der Waals surface area contributed by atoms with Gasteiger partial charge in [0.25, 0.3) is 0 Å². The van der Waals surface area contributed by atoms with Gasteiger partial charge in [0, 0.05) is 25.0 Å². The molecule has 18 heavy (non-hydrogen) atoms. The van der Waals surface area contributed by atoms with Crippen LogP contribution in [0, 0.1) is 12.8 Å². The summed E-state index contributed by atoms with van der Waals surface area (Å²) in [4.78, 5) is 14.1. The van der Waals surface area contributed by atoms with E-state index in [9.17, 15) is 4.79 Å². The summed E-state index contributed by atoms with van der Waals surface area (Å²) >= 11 is 0. The number of amides is 1. The van der Waals surface area contributed by atoms with Crippen molar-refractivity contribution in [3.63, 3.8) is 0 Å². The molecule has 1 aromatic rings. The number of aryl methyl sites for hydroxylation is 1. The van der Waals surface area contributed by atoms with Crippen LogP contribution in [0.15, 0.2) is 16.5 Å². The molecular weight excluding hydrogens is 228 g/mol. The largest absolute Gasteiger partial charge is 0.466 e. The Kier molecular flexibility index (Phi) is 2.90. The van der Waals surface area contributed by atoms with E-state index >= 15 is 0 Å². The molecule has 1 saturated heterocycles. The van der Waals surface area contributed by atoms with E-state index in [1.165, 1.54) is 6.42 Å². The zero-order chi connectivity index (χ0) is 12.7. The minimum Gasteiger partial charge on any atom is -0.466 e. The van der Waals surface area contributed by atoms with E-state index in [1.54, 1.807) is 0 Å². The van der Waals surface area contributed by atoms with Gasteiger partial charge in [-0.25, -0.2) is 0 Å². The highest BCUT2D eigenvalue weighted by Crippen LogP contribution is 2.33. The van der Waals surface area contributed by atoms with Crippen LogP contribution in [0.25, 0.3) is 0 Å². The molecule has 0 bridgehead atoms. The lowest BCUT2D eigenvalue weighted by Gasteiger charge is -2.29. The number of rotatable bonds is 2. The number of likely N-dealkylation sites (tertiary alicyclic amines) is 1. The molecule has 2 N–H and O–H groups in total. The maximum absolute atomic E-state index is 12.2. The summed E-state index contributed by atoms with van der Waals surface area (Å²) in [6.07, 6.45) is 3.29. The molecule has 1 aliphatic carbocycles. The Labute approximate surface area is 107 Å². The van der Waals surface area contributed by atoms with E-state index in [1.807, 2.05) is 24.0 Å². The average Bonchev–Trinajstić information content (AvgIpc) is 2.82. The van der Waals surface area contributed by atoms with Crippen LogP contribution in [0.4, 0.5) is 0 Å². The van der Waals surface area contributed by atoms with Crippen LogP contribution in [-0.2, 0) is 4.79 Å². The molecule has 3 rings (SSSR count).